The molecule has 1 saturated carbocycles. The van der Waals surface area contributed by atoms with E-state index in [9.17, 15) is 4.79 Å². The highest BCUT2D eigenvalue weighted by atomic mass is 16.3. The van der Waals surface area contributed by atoms with E-state index in [0.717, 1.165) is 31.4 Å². The van der Waals surface area contributed by atoms with Crippen LogP contribution < -0.4 is 10.6 Å². The summed E-state index contributed by atoms with van der Waals surface area (Å²) in [6.07, 6.45) is 7.09. The topological polar surface area (TPSA) is 80.0 Å². The van der Waals surface area contributed by atoms with Crippen molar-refractivity contribution in [3.8, 4) is 0 Å². The summed E-state index contributed by atoms with van der Waals surface area (Å²) in [5.74, 6) is 2.15. The van der Waals surface area contributed by atoms with Gasteiger partial charge in [0.15, 0.2) is 5.82 Å². The fourth-order valence-corrected chi connectivity index (χ4v) is 2.68. The van der Waals surface area contributed by atoms with Gasteiger partial charge in [-0.25, -0.2) is 0 Å². The van der Waals surface area contributed by atoms with E-state index in [0.29, 0.717) is 18.2 Å². The number of nitrogens with zero attached hydrogens (tertiary/aromatic N) is 2. The highest BCUT2D eigenvalue weighted by Crippen LogP contribution is 2.24. The first-order valence-electron chi connectivity index (χ1n) is 7.72. The van der Waals surface area contributed by atoms with Gasteiger partial charge in [0.2, 0.25) is 5.91 Å². The molecule has 0 atom stereocenters. The van der Waals surface area contributed by atoms with Gasteiger partial charge in [0, 0.05) is 5.92 Å². The third kappa shape index (κ3) is 3.84. The third-order valence-electron chi connectivity index (χ3n) is 3.92. The van der Waals surface area contributed by atoms with Crippen LogP contribution in [0, 0.1) is 5.92 Å². The Morgan fingerprint density at radius 2 is 1.91 bits per heavy atom. The second-order valence-corrected chi connectivity index (χ2v) is 5.56. The van der Waals surface area contributed by atoms with Crippen molar-refractivity contribution in [2.45, 2.75) is 38.6 Å². The molecule has 1 aliphatic rings. The SMILES string of the molecule is O=C(Nc1ccc(NCc2ccco2)nn1)C1CCCCC1. The van der Waals surface area contributed by atoms with Gasteiger partial charge in [-0.2, -0.15) is 0 Å². The summed E-state index contributed by atoms with van der Waals surface area (Å²) in [7, 11) is 0. The van der Waals surface area contributed by atoms with Crippen LogP contribution in [0.25, 0.3) is 0 Å². The molecule has 1 amide bonds. The summed E-state index contributed by atoms with van der Waals surface area (Å²) in [4.78, 5) is 12.1. The second-order valence-electron chi connectivity index (χ2n) is 5.56. The van der Waals surface area contributed by atoms with E-state index in [-0.39, 0.29) is 11.8 Å². The molecule has 3 rings (SSSR count). The number of furan rings is 1. The molecule has 0 bridgehead atoms. The Labute approximate surface area is 129 Å². The first kappa shape index (κ1) is 14.6. The highest BCUT2D eigenvalue weighted by Gasteiger charge is 2.21. The number of hydrogen-bond acceptors (Lipinski definition) is 5. The van der Waals surface area contributed by atoms with Crippen LogP contribution >= 0.6 is 0 Å². The highest BCUT2D eigenvalue weighted by molar-refractivity contribution is 5.91. The molecule has 2 heterocycles. The number of hydrogen-bond donors (Lipinski definition) is 2. The fraction of sp³-hybridized carbons (Fsp3) is 0.438. The summed E-state index contributed by atoms with van der Waals surface area (Å²) in [6, 6.07) is 7.29. The van der Waals surface area contributed by atoms with Crippen LogP contribution in [-0.4, -0.2) is 16.1 Å². The molecule has 116 valence electrons. The van der Waals surface area contributed by atoms with Crippen LogP contribution in [0.1, 0.15) is 37.9 Å². The molecule has 22 heavy (non-hydrogen) atoms. The Morgan fingerprint density at radius 1 is 1.14 bits per heavy atom. The lowest BCUT2D eigenvalue weighted by Crippen LogP contribution is -2.25. The Balaban J connectivity index is 1.51. The number of nitrogens with one attached hydrogen (secondary N) is 2. The Hall–Kier alpha value is -2.37. The van der Waals surface area contributed by atoms with Gasteiger partial charge in [0.1, 0.15) is 11.6 Å². The predicted molar refractivity (Wildman–Crippen MR) is 83.3 cm³/mol. The zero-order valence-electron chi connectivity index (χ0n) is 12.4. The number of aromatic nitrogens is 2. The van der Waals surface area contributed by atoms with E-state index in [1.54, 1.807) is 18.4 Å². The average molecular weight is 300 g/mol. The monoisotopic (exact) mass is 300 g/mol. The maximum Gasteiger partial charge on any atom is 0.228 e. The Kier molecular flexibility index (Phi) is 4.68. The molecule has 2 aromatic rings. The molecular formula is C16H20N4O2. The average Bonchev–Trinajstić information content (AvgIpc) is 3.08. The van der Waals surface area contributed by atoms with Crippen molar-refractivity contribution < 1.29 is 9.21 Å². The summed E-state index contributed by atoms with van der Waals surface area (Å²) in [6.45, 7) is 0.551. The summed E-state index contributed by atoms with van der Waals surface area (Å²) < 4.78 is 5.23. The van der Waals surface area contributed by atoms with Gasteiger partial charge < -0.3 is 15.1 Å². The zero-order valence-corrected chi connectivity index (χ0v) is 12.4. The molecule has 0 saturated heterocycles. The van der Waals surface area contributed by atoms with E-state index in [1.807, 2.05) is 12.1 Å². The van der Waals surface area contributed by atoms with Gasteiger partial charge >= 0.3 is 0 Å². The number of rotatable bonds is 5. The van der Waals surface area contributed by atoms with Crippen LogP contribution in [0.4, 0.5) is 11.6 Å². The van der Waals surface area contributed by atoms with Gasteiger partial charge in [-0.05, 0) is 37.1 Å². The van der Waals surface area contributed by atoms with E-state index >= 15 is 0 Å². The molecular weight excluding hydrogens is 280 g/mol. The van der Waals surface area contributed by atoms with Crippen LogP contribution in [-0.2, 0) is 11.3 Å². The minimum absolute atomic E-state index is 0.0605. The van der Waals surface area contributed by atoms with Gasteiger partial charge in [-0.3, -0.25) is 4.79 Å². The van der Waals surface area contributed by atoms with Crippen molar-refractivity contribution in [2.24, 2.45) is 5.92 Å². The van der Waals surface area contributed by atoms with Crippen LogP contribution in [0.3, 0.4) is 0 Å². The lowest BCUT2D eigenvalue weighted by molar-refractivity contribution is -0.120. The normalized spacial score (nSPS) is 15.5. The number of amides is 1. The molecule has 6 heteroatoms. The van der Waals surface area contributed by atoms with Gasteiger partial charge in [-0.1, -0.05) is 19.3 Å². The van der Waals surface area contributed by atoms with Crippen LogP contribution in [0.15, 0.2) is 34.9 Å². The van der Waals surface area contributed by atoms with Crippen molar-refractivity contribution in [3.05, 3.63) is 36.3 Å². The minimum atomic E-state index is 0.0605. The first-order valence-corrected chi connectivity index (χ1v) is 7.72. The quantitative estimate of drug-likeness (QED) is 0.886. The molecule has 0 radical (unpaired) electrons. The van der Waals surface area contributed by atoms with Crippen molar-refractivity contribution in [1.82, 2.24) is 10.2 Å². The zero-order chi connectivity index (χ0) is 15.2. The van der Waals surface area contributed by atoms with Crippen LogP contribution in [0.2, 0.25) is 0 Å². The van der Waals surface area contributed by atoms with E-state index < -0.39 is 0 Å². The lowest BCUT2D eigenvalue weighted by Gasteiger charge is -2.20. The summed E-state index contributed by atoms with van der Waals surface area (Å²) in [5, 5.41) is 14.1. The van der Waals surface area contributed by atoms with E-state index in [1.165, 1.54) is 6.42 Å². The smallest absolute Gasteiger partial charge is 0.228 e. The molecule has 1 aliphatic carbocycles. The standard InChI is InChI=1S/C16H20N4O2/c21-16(12-5-2-1-3-6-12)18-15-9-8-14(19-20-15)17-11-13-7-4-10-22-13/h4,7-10,12H,1-3,5-6,11H2,(H,17,19)(H,18,20,21). The number of carbonyl (C=O) groups excluding carboxylic acids is 1. The van der Waals surface area contributed by atoms with Crippen molar-refractivity contribution in [2.75, 3.05) is 10.6 Å². The van der Waals surface area contributed by atoms with E-state index in [2.05, 4.69) is 20.8 Å². The van der Waals surface area contributed by atoms with Crippen LogP contribution in [0.5, 0.6) is 0 Å². The summed E-state index contributed by atoms with van der Waals surface area (Å²) >= 11 is 0. The number of anilines is 2. The predicted octanol–water partition coefficient (Wildman–Crippen LogP) is 3.20. The van der Waals surface area contributed by atoms with Gasteiger partial charge in [-0.15, -0.1) is 10.2 Å². The molecule has 6 nitrogen and oxygen atoms in total. The Morgan fingerprint density at radius 3 is 2.59 bits per heavy atom. The van der Waals surface area contributed by atoms with Crippen molar-refractivity contribution in [3.63, 3.8) is 0 Å². The lowest BCUT2D eigenvalue weighted by atomic mass is 9.89. The molecule has 0 spiro atoms. The minimum Gasteiger partial charge on any atom is -0.467 e. The maximum atomic E-state index is 12.1. The fourth-order valence-electron chi connectivity index (χ4n) is 2.68. The molecule has 2 aromatic heterocycles. The molecule has 2 N–H and O–H groups in total. The third-order valence-corrected chi connectivity index (χ3v) is 3.92. The largest absolute Gasteiger partial charge is 0.467 e. The maximum absolute atomic E-state index is 12.1. The number of carbonyl (C=O) groups is 1. The van der Waals surface area contributed by atoms with Crippen molar-refractivity contribution in [1.29, 1.82) is 0 Å². The molecule has 0 aromatic carbocycles. The van der Waals surface area contributed by atoms with Gasteiger partial charge in [0.05, 0.1) is 12.8 Å². The van der Waals surface area contributed by atoms with Gasteiger partial charge in [0.25, 0.3) is 0 Å². The first-order chi connectivity index (χ1) is 10.8. The molecule has 0 aliphatic heterocycles. The molecule has 1 fully saturated rings. The second kappa shape index (κ2) is 7.06. The Bertz CT molecular complexity index is 589. The van der Waals surface area contributed by atoms with E-state index in [4.69, 9.17) is 4.42 Å². The summed E-state index contributed by atoms with van der Waals surface area (Å²) in [5.41, 5.74) is 0. The van der Waals surface area contributed by atoms with Crippen molar-refractivity contribution >= 4 is 17.5 Å². The molecule has 0 unspecified atom stereocenters.